The zero-order valence-corrected chi connectivity index (χ0v) is 74.2. The second-order valence-corrected chi connectivity index (χ2v) is 45.7. The molecule has 8 atom stereocenters. The van der Waals surface area contributed by atoms with Crippen LogP contribution in [0.1, 0.15) is 327 Å². The van der Waals surface area contributed by atoms with Crippen LogP contribution in [-0.4, -0.2) is 27.3 Å². The molecule has 105 heavy (non-hydrogen) atoms. The van der Waals surface area contributed by atoms with Crippen LogP contribution in [0.15, 0.2) is 125 Å². The highest BCUT2D eigenvalue weighted by molar-refractivity contribution is 8.07. The number of hydrogen-bond donors (Lipinski definition) is 0. The number of anilines is 8. The Kier molecular flexibility index (Phi) is 18.6. The first-order valence-electron chi connectivity index (χ1n) is 40.8. The van der Waals surface area contributed by atoms with E-state index in [1.54, 1.807) is 32.7 Å². The Morgan fingerprint density at radius 1 is 0.410 bits per heavy atom. The number of benzene rings is 6. The molecule has 6 heterocycles. The molecule has 4 aliphatic carbocycles. The maximum Gasteiger partial charge on any atom is 0.259 e. The number of halogens is 2. The van der Waals surface area contributed by atoms with Crippen LogP contribution in [0, 0.1) is 10.8 Å². The lowest BCUT2D eigenvalue weighted by molar-refractivity contribution is -0.0000236. The quantitative estimate of drug-likeness (QED) is 0.125. The number of nitrogens with zero attached hydrogens (tertiary/aromatic N) is 4. The number of allylic oxidation sites excluding steroid dienone is 2. The Morgan fingerprint density at radius 3 is 1.41 bits per heavy atom. The van der Waals surface area contributed by atoms with Gasteiger partial charge in [-0.25, -0.2) is 0 Å². The minimum atomic E-state index is -0.100. The van der Waals surface area contributed by atoms with Gasteiger partial charge in [0.2, 0.25) is 0 Å². The van der Waals surface area contributed by atoms with Crippen molar-refractivity contribution in [1.29, 1.82) is 0 Å². The van der Waals surface area contributed by atoms with E-state index in [1.807, 2.05) is 0 Å². The Hall–Kier alpha value is -4.22. The van der Waals surface area contributed by atoms with E-state index in [0.717, 1.165) is 22.8 Å². The van der Waals surface area contributed by atoms with Crippen molar-refractivity contribution in [3.05, 3.63) is 174 Å². The van der Waals surface area contributed by atoms with Crippen LogP contribution in [0.25, 0.3) is 0 Å². The van der Waals surface area contributed by atoms with E-state index in [9.17, 15) is 0 Å². The van der Waals surface area contributed by atoms with Gasteiger partial charge in [0.15, 0.2) is 0 Å². The van der Waals surface area contributed by atoms with E-state index in [4.69, 9.17) is 11.6 Å². The zero-order chi connectivity index (χ0) is 75.0. The fourth-order valence-corrected chi connectivity index (χ4v) is 25.5. The van der Waals surface area contributed by atoms with E-state index in [-0.39, 0.29) is 105 Å². The Morgan fingerprint density at radius 2 is 0.848 bits per heavy atom. The van der Waals surface area contributed by atoms with Crippen LogP contribution < -0.4 is 54.5 Å². The molecule has 0 N–H and O–H groups in total. The van der Waals surface area contributed by atoms with E-state index in [2.05, 4.69) is 332 Å². The molecule has 10 aliphatic rings. The molecule has 0 amide bonds. The van der Waals surface area contributed by atoms with Crippen LogP contribution in [0.2, 0.25) is 5.02 Å². The SMILES string of the molecule is CC(C)(C)c1ccc(N(C2=CSC3(C)CCCCC23C)c2cc(C(C)(C)C)cc(N3c4ccc(C(C)(C)C)cc4C4(C)CCCCC34C)c2Cl)cc1.CC(C)(C)c1ccc(N2C3=C(SC4(C)CCCCC34C)B3c4cc(C(C)(C)C)cc5c4N(c4cc(C(C)(C)C)cc2c43)C2(C)CCCCC52C)cc1.[I-]. The van der Waals surface area contributed by atoms with Crippen LogP contribution in [0.4, 0.5) is 45.5 Å². The van der Waals surface area contributed by atoms with Crippen molar-refractivity contribution in [2.75, 3.05) is 19.6 Å². The molecule has 8 unspecified atom stereocenters. The topological polar surface area (TPSA) is 13.0 Å². The first-order valence-corrected chi connectivity index (χ1v) is 42.9. The molecule has 6 aliphatic heterocycles. The number of thioether (sulfide) groups is 2. The summed E-state index contributed by atoms with van der Waals surface area (Å²) >= 11 is 12.4. The van der Waals surface area contributed by atoms with Crippen molar-refractivity contribution < 1.29 is 24.0 Å². The van der Waals surface area contributed by atoms with E-state index >= 15 is 0 Å². The van der Waals surface area contributed by atoms with E-state index in [0.29, 0.717) is 0 Å². The molecule has 0 saturated heterocycles. The van der Waals surface area contributed by atoms with Gasteiger partial charge in [0, 0.05) is 76.7 Å². The van der Waals surface area contributed by atoms with Gasteiger partial charge in [0.25, 0.3) is 6.71 Å². The molecule has 16 rings (SSSR count). The highest BCUT2D eigenvalue weighted by atomic mass is 127. The molecule has 0 bridgehead atoms. The van der Waals surface area contributed by atoms with Gasteiger partial charge in [-0.15, -0.1) is 23.5 Å². The smallest absolute Gasteiger partial charge is 0.259 e. The third kappa shape index (κ3) is 11.5. The lowest BCUT2D eigenvalue weighted by Gasteiger charge is -2.53. The van der Waals surface area contributed by atoms with Crippen LogP contribution >= 0.6 is 35.1 Å². The van der Waals surface area contributed by atoms with Crippen molar-refractivity contribution in [2.24, 2.45) is 10.8 Å². The summed E-state index contributed by atoms with van der Waals surface area (Å²) in [5.41, 5.74) is 28.8. The normalized spacial score (nSPS) is 29.5. The molecule has 0 radical (unpaired) electrons. The third-order valence-corrected chi connectivity index (χ3v) is 33.5. The highest BCUT2D eigenvalue weighted by Gasteiger charge is 2.66. The van der Waals surface area contributed by atoms with Gasteiger partial charge in [-0.3, -0.25) is 0 Å². The summed E-state index contributed by atoms with van der Waals surface area (Å²) in [4.78, 5) is 12.7. The van der Waals surface area contributed by atoms with Gasteiger partial charge in [-0.1, -0.05) is 264 Å². The monoisotopic (exact) mass is 1570 g/mol. The predicted molar refractivity (Wildman–Crippen MR) is 458 cm³/mol. The lowest BCUT2D eigenvalue weighted by atomic mass is 9.35. The Balaban J connectivity index is 0.000000175. The molecule has 4 nitrogen and oxygen atoms in total. The lowest BCUT2D eigenvalue weighted by Crippen LogP contribution is -3.00. The summed E-state index contributed by atoms with van der Waals surface area (Å²) in [7, 11) is 0. The molecule has 562 valence electrons. The molecule has 0 aromatic heterocycles. The van der Waals surface area contributed by atoms with Gasteiger partial charge in [0.1, 0.15) is 0 Å². The molecular formula is C96H128BClIN4S2-. The average molecular weight is 1580 g/mol. The average Bonchev–Trinajstić information content (AvgIpc) is 1.51. The van der Waals surface area contributed by atoms with Crippen molar-refractivity contribution in [2.45, 2.75) is 347 Å². The maximum atomic E-state index is 8.08. The minimum absolute atomic E-state index is 0. The summed E-state index contributed by atoms with van der Waals surface area (Å²) in [6.07, 6.45) is 20.1. The van der Waals surface area contributed by atoms with E-state index in [1.165, 1.54) is 169 Å². The summed E-state index contributed by atoms with van der Waals surface area (Å²) in [6, 6.07) is 42.0. The molecule has 6 aromatic carbocycles. The van der Waals surface area contributed by atoms with Crippen LogP contribution in [0.5, 0.6) is 0 Å². The van der Waals surface area contributed by atoms with Crippen LogP contribution in [0.3, 0.4) is 0 Å². The van der Waals surface area contributed by atoms with Gasteiger partial charge >= 0.3 is 0 Å². The highest BCUT2D eigenvalue weighted by Crippen LogP contribution is 2.71. The van der Waals surface area contributed by atoms with E-state index < -0.39 is 0 Å². The molecular weight excluding hydrogens is 1450 g/mol. The fraction of sp³-hybridized carbons (Fsp3) is 0.583. The summed E-state index contributed by atoms with van der Waals surface area (Å²) in [6.45, 7) is 63.6. The van der Waals surface area contributed by atoms with Crippen molar-refractivity contribution >= 4 is 98.3 Å². The molecule has 4 fully saturated rings. The second kappa shape index (κ2) is 25.1. The largest absolute Gasteiger partial charge is 1.00 e. The van der Waals surface area contributed by atoms with Gasteiger partial charge in [0.05, 0.1) is 27.5 Å². The zero-order valence-electron chi connectivity index (χ0n) is 69.6. The van der Waals surface area contributed by atoms with Crippen molar-refractivity contribution in [1.82, 2.24) is 0 Å². The number of hydrogen-bond acceptors (Lipinski definition) is 6. The van der Waals surface area contributed by atoms with Gasteiger partial charge in [-0.2, -0.15) is 0 Å². The summed E-state index contributed by atoms with van der Waals surface area (Å²) < 4.78 is 0.333. The first-order chi connectivity index (χ1) is 48.2. The Bertz CT molecular complexity index is 4530. The first kappa shape index (κ1) is 77.5. The second-order valence-electron chi connectivity index (χ2n) is 42.4. The molecule has 6 aromatic rings. The summed E-state index contributed by atoms with van der Waals surface area (Å²) in [5, 5.41) is 3.36. The molecule has 4 saturated carbocycles. The number of fused-ring (bicyclic) bond motifs is 12. The van der Waals surface area contributed by atoms with Crippen LogP contribution in [-0.2, 0) is 43.3 Å². The summed E-state index contributed by atoms with van der Waals surface area (Å²) in [5.74, 6) is 0. The van der Waals surface area contributed by atoms with Crippen molar-refractivity contribution in [3.63, 3.8) is 0 Å². The molecule has 0 spiro atoms. The van der Waals surface area contributed by atoms with Crippen molar-refractivity contribution in [3.8, 4) is 0 Å². The fourth-order valence-electron chi connectivity index (χ4n) is 21.8. The van der Waals surface area contributed by atoms with Gasteiger partial charge < -0.3 is 43.6 Å². The third-order valence-electron chi connectivity index (χ3n) is 29.8. The predicted octanol–water partition coefficient (Wildman–Crippen LogP) is 24.3. The Labute approximate surface area is 668 Å². The standard InChI is InChI=1S/C48H63BN2S.C48H65ClN2S.HI/c1-42(2,3)30-18-20-33(21-19-30)50-36-28-32(44(7,8)9)29-37-38(36)49(41-40(50)46(11)23-15-17-25-48(46,13)52-41)35-27-31(43(4,5)6)26-34-39(35)51(37)47(12)24-16-14-22-45(34,47)10;1-42(2,3)32-18-21-35(22-19-32)50(40-31-52-48(13)27-17-15-25-46(40,48)11)38-29-34(44(7,8)9)30-39(41(38)49)51-37-23-20-33(43(4,5)6)28-36(37)45(10)24-14-16-26-47(45,51)12;/h18-21,26-29H,14-17,22-25H2,1-13H3;18-23,28-31H,14-17,24-27H2,1-13H3;1H/p-1. The number of rotatable bonds is 5. The minimum Gasteiger partial charge on any atom is -1.00 e. The van der Waals surface area contributed by atoms with Gasteiger partial charge in [-0.05, 0) is 232 Å². The maximum absolute atomic E-state index is 8.08. The molecule has 9 heteroatoms.